The summed E-state index contributed by atoms with van der Waals surface area (Å²) in [4.78, 5) is 78.0. The Morgan fingerprint density at radius 3 is 2.27 bits per heavy atom. The van der Waals surface area contributed by atoms with E-state index in [9.17, 15) is 29.1 Å². The molecular weight excluding hydrogens is 706 g/mol. The number of carbonyl (C=O) groups is 5. The number of likely N-dealkylation sites (tertiary alicyclic amines) is 1. The number of nitrogens with one attached hydrogen (secondary N) is 1. The number of esters is 1. The summed E-state index contributed by atoms with van der Waals surface area (Å²) in [5.41, 5.74) is 4.23. The first-order valence-electron chi connectivity index (χ1n) is 18.6. The molecule has 6 rings (SSSR count). The third-order valence-corrected chi connectivity index (χ3v) is 10.5. The zero-order valence-corrected chi connectivity index (χ0v) is 31.8. The fraction of sp³-hybridized carbons (Fsp3) is 0.450. The number of anilines is 2. The predicted molar refractivity (Wildman–Crippen MR) is 204 cm³/mol. The van der Waals surface area contributed by atoms with Gasteiger partial charge >= 0.3 is 18.1 Å². The third-order valence-electron chi connectivity index (χ3n) is 10.5. The fourth-order valence-corrected chi connectivity index (χ4v) is 7.24. The molecule has 15 heteroatoms. The number of piperidine rings is 1. The second-order valence-electron chi connectivity index (χ2n) is 14.5. The van der Waals surface area contributed by atoms with Crippen LogP contribution in [0.1, 0.15) is 45.5 Å². The average molecular weight is 756 g/mol. The lowest BCUT2D eigenvalue weighted by Crippen LogP contribution is -2.54. The zero-order valence-electron chi connectivity index (χ0n) is 31.8. The van der Waals surface area contributed by atoms with Crippen LogP contribution in [-0.2, 0) is 31.9 Å². The molecule has 15 nitrogen and oxygen atoms in total. The van der Waals surface area contributed by atoms with Crippen molar-refractivity contribution < 1.29 is 38.6 Å². The van der Waals surface area contributed by atoms with Crippen molar-refractivity contribution in [2.75, 3.05) is 76.7 Å². The summed E-state index contributed by atoms with van der Waals surface area (Å²) in [6.45, 7) is 6.19. The number of likely N-dealkylation sites (N-methyl/N-ethyl adjacent to an activating group) is 1. The number of carbonyl (C=O) groups excluding carboxylic acids is 5. The number of aromatic nitrogens is 1. The summed E-state index contributed by atoms with van der Waals surface area (Å²) in [7, 11) is 3.16. The van der Waals surface area contributed by atoms with Crippen molar-refractivity contribution in [1.29, 1.82) is 0 Å². The van der Waals surface area contributed by atoms with Crippen LogP contribution in [0.25, 0.3) is 0 Å². The van der Waals surface area contributed by atoms with Gasteiger partial charge in [-0.15, -0.1) is 0 Å². The number of amides is 5. The Hall–Kier alpha value is -5.86. The first kappa shape index (κ1) is 38.9. The lowest BCUT2D eigenvalue weighted by Gasteiger charge is -2.39. The molecule has 0 spiro atoms. The summed E-state index contributed by atoms with van der Waals surface area (Å²) >= 11 is 0. The number of aromatic hydroxyl groups is 1. The number of aryl methyl sites for hydroxylation is 2. The van der Waals surface area contributed by atoms with Gasteiger partial charge in [-0.3, -0.25) is 9.59 Å². The molecular formula is C40H49N7O8. The number of rotatable bonds is 9. The molecule has 3 aromatic rings. The molecule has 0 bridgehead atoms. The molecule has 292 valence electrons. The fourth-order valence-electron chi connectivity index (χ4n) is 7.24. The highest BCUT2D eigenvalue weighted by atomic mass is 16.6. The lowest BCUT2D eigenvalue weighted by molar-refractivity contribution is -0.141. The SMILES string of the molecule is Cc1cc(C[C@@H](OC(=O)N2CCC(N3CCc4ccccc4NC3=O)CC2)C(=O)N2CCN(c3ccc(C(=O)OCC(=O)N(C)C)cn3)CC2)cc(C)c1O. The van der Waals surface area contributed by atoms with E-state index >= 15 is 0 Å². The van der Waals surface area contributed by atoms with Crippen molar-refractivity contribution in [3.8, 4) is 5.75 Å². The van der Waals surface area contributed by atoms with Crippen LogP contribution in [0.5, 0.6) is 5.75 Å². The Kier molecular flexibility index (Phi) is 12.1. The molecule has 3 aliphatic heterocycles. The standard InChI is InChI=1S/C40H49N7O8/c1-26-21-28(22-27(2)36(26)49)23-33(55-40(53)46-14-12-31(13-15-46)47-16-11-29-7-5-6-8-32(29)42-39(47)52)37(50)45-19-17-44(18-20-45)34-10-9-30(24-41-34)38(51)54-25-35(48)43(3)4/h5-10,21-22,24,31,33,49H,11-20,23,25H2,1-4H3,(H,42,52)/t33-/m1/s1. The van der Waals surface area contributed by atoms with E-state index in [0.29, 0.717) is 75.6 Å². The van der Waals surface area contributed by atoms with Gasteiger partial charge in [0.25, 0.3) is 11.8 Å². The maximum atomic E-state index is 14.1. The Morgan fingerprint density at radius 2 is 1.62 bits per heavy atom. The molecule has 3 aliphatic rings. The molecule has 4 heterocycles. The normalized spacial score (nSPS) is 16.8. The number of urea groups is 1. The van der Waals surface area contributed by atoms with Crippen LogP contribution in [0.2, 0.25) is 0 Å². The molecule has 2 N–H and O–H groups in total. The number of nitrogens with zero attached hydrogens (tertiary/aromatic N) is 6. The average Bonchev–Trinajstić information content (AvgIpc) is 3.36. The Bertz CT molecular complexity index is 1880. The van der Waals surface area contributed by atoms with E-state index in [2.05, 4.69) is 10.3 Å². The van der Waals surface area contributed by atoms with Gasteiger partial charge in [0.2, 0.25) is 0 Å². The number of fused-ring (bicyclic) bond motifs is 1. The van der Waals surface area contributed by atoms with E-state index in [0.717, 1.165) is 23.2 Å². The second kappa shape index (κ2) is 17.1. The number of pyridine rings is 1. The zero-order chi connectivity index (χ0) is 39.2. The van der Waals surface area contributed by atoms with Gasteiger partial charge in [-0.05, 0) is 73.6 Å². The number of hydrogen-bond donors (Lipinski definition) is 2. The van der Waals surface area contributed by atoms with Gasteiger partial charge in [-0.25, -0.2) is 19.4 Å². The molecule has 2 fully saturated rings. The Morgan fingerprint density at radius 1 is 0.927 bits per heavy atom. The number of piperazine rings is 1. The maximum Gasteiger partial charge on any atom is 0.410 e. The van der Waals surface area contributed by atoms with Crippen molar-refractivity contribution >= 4 is 41.4 Å². The van der Waals surface area contributed by atoms with Crippen LogP contribution >= 0.6 is 0 Å². The van der Waals surface area contributed by atoms with Crippen molar-refractivity contribution in [3.63, 3.8) is 0 Å². The highest BCUT2D eigenvalue weighted by Crippen LogP contribution is 2.27. The number of benzene rings is 2. The van der Waals surface area contributed by atoms with Crippen LogP contribution in [0.3, 0.4) is 0 Å². The van der Waals surface area contributed by atoms with Gasteiger partial charge in [0.05, 0.1) is 5.56 Å². The maximum absolute atomic E-state index is 14.1. The molecule has 0 radical (unpaired) electrons. The van der Waals surface area contributed by atoms with Gasteiger partial charge in [0.1, 0.15) is 11.6 Å². The molecule has 5 amide bonds. The number of phenolic OH excluding ortho intramolecular Hbond substituents is 1. The molecule has 0 unspecified atom stereocenters. The monoisotopic (exact) mass is 755 g/mol. The van der Waals surface area contributed by atoms with Crippen molar-refractivity contribution in [3.05, 3.63) is 82.5 Å². The van der Waals surface area contributed by atoms with Crippen LogP contribution in [0.15, 0.2) is 54.7 Å². The van der Waals surface area contributed by atoms with Gasteiger partial charge in [-0.1, -0.05) is 30.3 Å². The molecule has 0 aliphatic carbocycles. The number of phenols is 1. The van der Waals surface area contributed by atoms with Gasteiger partial charge in [-0.2, -0.15) is 0 Å². The molecule has 55 heavy (non-hydrogen) atoms. The minimum absolute atomic E-state index is 0.0340. The van der Waals surface area contributed by atoms with Gasteiger partial charge in [0, 0.05) is 84.3 Å². The number of para-hydroxylation sites is 1. The van der Waals surface area contributed by atoms with E-state index in [1.807, 2.05) is 34.1 Å². The van der Waals surface area contributed by atoms with E-state index in [1.54, 1.807) is 62.0 Å². The highest BCUT2D eigenvalue weighted by molar-refractivity contribution is 5.92. The highest BCUT2D eigenvalue weighted by Gasteiger charge is 2.35. The van der Waals surface area contributed by atoms with Gasteiger partial charge < -0.3 is 44.4 Å². The first-order chi connectivity index (χ1) is 26.4. The van der Waals surface area contributed by atoms with E-state index in [4.69, 9.17) is 9.47 Å². The van der Waals surface area contributed by atoms with Crippen LogP contribution in [0.4, 0.5) is 21.1 Å². The molecule has 1 aromatic heterocycles. The lowest BCUT2D eigenvalue weighted by atomic mass is 10.0. The largest absolute Gasteiger partial charge is 0.507 e. The summed E-state index contributed by atoms with van der Waals surface area (Å²) in [6.07, 6.45) is 1.77. The number of hydrogen-bond acceptors (Lipinski definition) is 10. The quantitative estimate of drug-likeness (QED) is 0.309. The van der Waals surface area contributed by atoms with E-state index in [1.165, 1.54) is 11.1 Å². The van der Waals surface area contributed by atoms with E-state index in [-0.39, 0.29) is 48.2 Å². The Labute approximate surface area is 320 Å². The van der Waals surface area contributed by atoms with Crippen molar-refractivity contribution in [1.82, 2.24) is 24.6 Å². The minimum atomic E-state index is -1.10. The first-order valence-corrected chi connectivity index (χ1v) is 18.6. The van der Waals surface area contributed by atoms with E-state index < -0.39 is 18.2 Å². The second-order valence-corrected chi connectivity index (χ2v) is 14.5. The van der Waals surface area contributed by atoms with Crippen LogP contribution in [0, 0.1) is 13.8 Å². The van der Waals surface area contributed by atoms with Crippen molar-refractivity contribution in [2.24, 2.45) is 0 Å². The van der Waals surface area contributed by atoms with Gasteiger partial charge in [0.15, 0.2) is 12.7 Å². The molecule has 2 saturated heterocycles. The van der Waals surface area contributed by atoms with Crippen LogP contribution < -0.4 is 10.2 Å². The Balaban J connectivity index is 1.07. The molecule has 0 saturated carbocycles. The summed E-state index contributed by atoms with van der Waals surface area (Å²) < 4.78 is 11.1. The molecule has 1 atom stereocenters. The predicted octanol–water partition coefficient (Wildman–Crippen LogP) is 3.60. The summed E-state index contributed by atoms with van der Waals surface area (Å²) in [5.74, 6) is -0.489. The molecule has 2 aromatic carbocycles. The summed E-state index contributed by atoms with van der Waals surface area (Å²) in [5, 5.41) is 13.4. The number of ether oxygens (including phenoxy) is 2. The minimum Gasteiger partial charge on any atom is -0.507 e. The third kappa shape index (κ3) is 9.27. The van der Waals surface area contributed by atoms with Crippen LogP contribution in [-0.4, -0.2) is 138 Å². The topological polar surface area (TPSA) is 165 Å². The van der Waals surface area contributed by atoms with Crippen molar-refractivity contribution in [2.45, 2.75) is 51.7 Å². The summed E-state index contributed by atoms with van der Waals surface area (Å²) in [6, 6.07) is 14.5. The smallest absolute Gasteiger partial charge is 0.410 e.